The highest BCUT2D eigenvalue weighted by Gasteiger charge is 2.10. The molecular formula is C12H15ClN2O. The Hall–Kier alpha value is -1.40. The van der Waals surface area contributed by atoms with E-state index in [0.29, 0.717) is 10.8 Å². The zero-order valence-electron chi connectivity index (χ0n) is 9.67. The highest BCUT2D eigenvalue weighted by atomic mass is 35.5. The van der Waals surface area contributed by atoms with Gasteiger partial charge in [0.1, 0.15) is 11.8 Å². The Kier molecular flexibility index (Phi) is 4.45. The van der Waals surface area contributed by atoms with E-state index in [1.54, 1.807) is 13.2 Å². The zero-order valence-corrected chi connectivity index (χ0v) is 10.4. The Balaban J connectivity index is 3.03. The van der Waals surface area contributed by atoms with Crippen LogP contribution in [0.5, 0.6) is 5.75 Å². The topological polar surface area (TPSA) is 45.0 Å². The second-order valence-corrected chi connectivity index (χ2v) is 3.94. The molecule has 0 aliphatic rings. The lowest BCUT2D eigenvalue weighted by Crippen LogP contribution is -2.16. The predicted octanol–water partition coefficient (Wildman–Crippen LogP) is 3.37. The van der Waals surface area contributed by atoms with E-state index in [2.05, 4.69) is 11.4 Å². The van der Waals surface area contributed by atoms with Gasteiger partial charge in [-0.3, -0.25) is 0 Å². The van der Waals surface area contributed by atoms with E-state index in [1.807, 2.05) is 19.9 Å². The first kappa shape index (κ1) is 12.7. The average Bonchev–Trinajstić information content (AvgIpc) is 2.29. The van der Waals surface area contributed by atoms with Gasteiger partial charge in [-0.05, 0) is 25.0 Å². The van der Waals surface area contributed by atoms with Gasteiger partial charge in [0.05, 0.1) is 18.9 Å². The van der Waals surface area contributed by atoms with Crippen LogP contribution in [0.25, 0.3) is 0 Å². The van der Waals surface area contributed by atoms with Crippen LogP contribution in [-0.2, 0) is 0 Å². The van der Waals surface area contributed by atoms with Crippen molar-refractivity contribution < 1.29 is 4.74 Å². The van der Waals surface area contributed by atoms with Gasteiger partial charge in [-0.2, -0.15) is 5.26 Å². The lowest BCUT2D eigenvalue weighted by Gasteiger charge is -2.15. The average molecular weight is 239 g/mol. The molecule has 0 radical (unpaired) electrons. The largest absolute Gasteiger partial charge is 0.495 e. The van der Waals surface area contributed by atoms with Crippen molar-refractivity contribution in [3.63, 3.8) is 0 Å². The Morgan fingerprint density at radius 1 is 1.56 bits per heavy atom. The predicted molar refractivity (Wildman–Crippen MR) is 66.1 cm³/mol. The third-order valence-electron chi connectivity index (χ3n) is 2.37. The van der Waals surface area contributed by atoms with Crippen molar-refractivity contribution in [1.29, 1.82) is 5.26 Å². The summed E-state index contributed by atoms with van der Waals surface area (Å²) in [5.74, 6) is 0.657. The molecule has 1 atom stereocenters. The Morgan fingerprint density at radius 3 is 2.75 bits per heavy atom. The first-order valence-corrected chi connectivity index (χ1v) is 5.50. The number of rotatable bonds is 4. The van der Waals surface area contributed by atoms with Gasteiger partial charge < -0.3 is 10.1 Å². The molecule has 0 saturated carbocycles. The SMILES string of the molecule is CCC(C#N)Nc1cc(C)c(Cl)cc1OC. The summed E-state index contributed by atoms with van der Waals surface area (Å²) in [6, 6.07) is 5.62. The minimum atomic E-state index is -0.213. The van der Waals surface area contributed by atoms with Crippen molar-refractivity contribution >= 4 is 17.3 Å². The highest BCUT2D eigenvalue weighted by molar-refractivity contribution is 6.31. The number of aryl methyl sites for hydroxylation is 1. The molecule has 0 aromatic heterocycles. The van der Waals surface area contributed by atoms with Crippen molar-refractivity contribution in [2.75, 3.05) is 12.4 Å². The number of methoxy groups -OCH3 is 1. The lowest BCUT2D eigenvalue weighted by atomic mass is 10.1. The van der Waals surface area contributed by atoms with Gasteiger partial charge in [0.2, 0.25) is 0 Å². The minimum absolute atomic E-state index is 0.213. The van der Waals surface area contributed by atoms with Gasteiger partial charge in [0, 0.05) is 11.1 Å². The standard InChI is InChI=1S/C12H15ClN2O/c1-4-9(7-14)15-11-5-8(2)10(13)6-12(11)16-3/h5-6,9,15H,4H2,1-3H3. The quantitative estimate of drug-likeness (QED) is 0.875. The molecule has 86 valence electrons. The molecule has 0 bridgehead atoms. The molecule has 16 heavy (non-hydrogen) atoms. The molecule has 0 heterocycles. The molecule has 1 rings (SSSR count). The highest BCUT2D eigenvalue weighted by Crippen LogP contribution is 2.31. The van der Waals surface area contributed by atoms with E-state index in [4.69, 9.17) is 21.6 Å². The molecule has 1 aromatic carbocycles. The maximum atomic E-state index is 8.90. The monoisotopic (exact) mass is 238 g/mol. The normalized spacial score (nSPS) is 11.7. The van der Waals surface area contributed by atoms with Crippen molar-refractivity contribution in [3.05, 3.63) is 22.7 Å². The van der Waals surface area contributed by atoms with E-state index in [-0.39, 0.29) is 6.04 Å². The summed E-state index contributed by atoms with van der Waals surface area (Å²) in [4.78, 5) is 0. The third kappa shape index (κ3) is 2.80. The molecule has 0 fully saturated rings. The molecule has 3 nitrogen and oxygen atoms in total. The molecule has 0 aliphatic carbocycles. The summed E-state index contributed by atoms with van der Waals surface area (Å²) in [5.41, 5.74) is 1.76. The van der Waals surface area contributed by atoms with Crippen molar-refractivity contribution in [3.8, 4) is 11.8 Å². The zero-order chi connectivity index (χ0) is 12.1. The smallest absolute Gasteiger partial charge is 0.143 e. The lowest BCUT2D eigenvalue weighted by molar-refractivity contribution is 0.416. The van der Waals surface area contributed by atoms with Crippen LogP contribution in [0.2, 0.25) is 5.02 Å². The van der Waals surface area contributed by atoms with Crippen LogP contribution in [0, 0.1) is 18.3 Å². The van der Waals surface area contributed by atoms with Crippen LogP contribution in [0.15, 0.2) is 12.1 Å². The van der Waals surface area contributed by atoms with Crippen LogP contribution in [-0.4, -0.2) is 13.2 Å². The van der Waals surface area contributed by atoms with Crippen molar-refractivity contribution in [2.24, 2.45) is 0 Å². The second-order valence-electron chi connectivity index (χ2n) is 3.54. The van der Waals surface area contributed by atoms with E-state index >= 15 is 0 Å². The minimum Gasteiger partial charge on any atom is -0.495 e. The fraction of sp³-hybridized carbons (Fsp3) is 0.417. The molecule has 4 heteroatoms. The maximum Gasteiger partial charge on any atom is 0.143 e. The number of benzene rings is 1. The summed E-state index contributed by atoms with van der Waals surface area (Å²) in [7, 11) is 1.58. The van der Waals surface area contributed by atoms with Crippen LogP contribution >= 0.6 is 11.6 Å². The number of nitriles is 1. The van der Waals surface area contributed by atoms with Crippen molar-refractivity contribution in [1.82, 2.24) is 0 Å². The molecule has 0 spiro atoms. The van der Waals surface area contributed by atoms with Gasteiger partial charge in [-0.1, -0.05) is 18.5 Å². The van der Waals surface area contributed by atoms with E-state index in [9.17, 15) is 0 Å². The van der Waals surface area contributed by atoms with Gasteiger partial charge >= 0.3 is 0 Å². The Morgan fingerprint density at radius 2 is 2.25 bits per heavy atom. The number of hydrogen-bond acceptors (Lipinski definition) is 3. The summed E-state index contributed by atoms with van der Waals surface area (Å²) < 4.78 is 5.21. The van der Waals surface area contributed by atoms with Crippen LogP contribution < -0.4 is 10.1 Å². The first-order valence-electron chi connectivity index (χ1n) is 5.12. The van der Waals surface area contributed by atoms with Gasteiger partial charge in [0.25, 0.3) is 0 Å². The van der Waals surface area contributed by atoms with Crippen LogP contribution in [0.4, 0.5) is 5.69 Å². The number of nitrogens with zero attached hydrogens (tertiary/aromatic N) is 1. The van der Waals surface area contributed by atoms with E-state index in [1.165, 1.54) is 0 Å². The van der Waals surface area contributed by atoms with Gasteiger partial charge in [-0.15, -0.1) is 0 Å². The third-order valence-corrected chi connectivity index (χ3v) is 2.78. The maximum absolute atomic E-state index is 8.90. The fourth-order valence-corrected chi connectivity index (χ4v) is 1.51. The molecule has 0 saturated heterocycles. The number of hydrogen-bond donors (Lipinski definition) is 1. The van der Waals surface area contributed by atoms with Crippen molar-refractivity contribution in [2.45, 2.75) is 26.3 Å². The number of ether oxygens (including phenoxy) is 1. The summed E-state index contributed by atoms with van der Waals surface area (Å²) >= 11 is 6.00. The van der Waals surface area contributed by atoms with Crippen LogP contribution in [0.1, 0.15) is 18.9 Å². The molecule has 1 aromatic rings. The summed E-state index contributed by atoms with van der Waals surface area (Å²) in [6.45, 7) is 3.87. The molecule has 0 aliphatic heterocycles. The molecule has 1 unspecified atom stereocenters. The Labute approximate surface area is 101 Å². The fourth-order valence-electron chi connectivity index (χ4n) is 1.36. The molecular weight excluding hydrogens is 224 g/mol. The van der Waals surface area contributed by atoms with E-state index in [0.717, 1.165) is 17.7 Å². The summed E-state index contributed by atoms with van der Waals surface area (Å²) in [6.07, 6.45) is 0.737. The van der Waals surface area contributed by atoms with Gasteiger partial charge in [-0.25, -0.2) is 0 Å². The number of nitrogens with one attached hydrogen (secondary N) is 1. The first-order chi connectivity index (χ1) is 7.62. The van der Waals surface area contributed by atoms with E-state index < -0.39 is 0 Å². The molecule has 1 N–H and O–H groups in total. The molecule has 0 amide bonds. The number of anilines is 1. The van der Waals surface area contributed by atoms with Gasteiger partial charge in [0.15, 0.2) is 0 Å². The van der Waals surface area contributed by atoms with Crippen LogP contribution in [0.3, 0.4) is 0 Å². The summed E-state index contributed by atoms with van der Waals surface area (Å²) in [5, 5.41) is 12.7. The Bertz CT molecular complexity index is 412. The second kappa shape index (κ2) is 5.62. The number of halogens is 1.